The maximum absolute atomic E-state index is 12.6. The van der Waals surface area contributed by atoms with Gasteiger partial charge < -0.3 is 15.5 Å². The largest absolute Gasteiger partial charge is 0.335 e. The monoisotopic (exact) mass is 416 g/mol. The summed E-state index contributed by atoms with van der Waals surface area (Å²) in [6.07, 6.45) is 8.92. The molecule has 158 valence electrons. The maximum Gasteiger partial charge on any atom is 0.246 e. The second kappa shape index (κ2) is 8.95. The number of fused-ring (bicyclic) bond motifs is 1. The predicted octanol–water partition coefficient (Wildman–Crippen LogP) is 3.25. The van der Waals surface area contributed by atoms with Gasteiger partial charge in [0.1, 0.15) is 5.82 Å². The number of hydrogen-bond donors (Lipinski definition) is 2. The molecule has 1 aromatic carbocycles. The molecule has 1 aromatic heterocycles. The molecule has 3 amide bonds. The topological polar surface area (TPSA) is 91.4 Å². The van der Waals surface area contributed by atoms with Crippen LogP contribution in [0.2, 0.25) is 0 Å². The minimum Gasteiger partial charge on any atom is -0.335 e. The van der Waals surface area contributed by atoms with E-state index in [-0.39, 0.29) is 17.7 Å². The Labute approximate surface area is 180 Å². The fraction of sp³-hybridized carbons (Fsp3) is 0.250. The van der Waals surface area contributed by atoms with Crippen molar-refractivity contribution in [1.29, 1.82) is 0 Å². The van der Waals surface area contributed by atoms with E-state index in [1.54, 1.807) is 23.2 Å². The van der Waals surface area contributed by atoms with E-state index in [2.05, 4.69) is 21.7 Å². The van der Waals surface area contributed by atoms with Crippen LogP contribution in [0, 0.1) is 0 Å². The maximum atomic E-state index is 12.6. The van der Waals surface area contributed by atoms with E-state index in [4.69, 9.17) is 0 Å². The van der Waals surface area contributed by atoms with Crippen molar-refractivity contribution in [2.45, 2.75) is 26.2 Å². The number of amides is 3. The first-order valence-electron chi connectivity index (χ1n) is 10.3. The number of aromatic nitrogens is 1. The Kier molecular flexibility index (Phi) is 5.93. The van der Waals surface area contributed by atoms with Crippen molar-refractivity contribution in [3.05, 3.63) is 65.4 Å². The van der Waals surface area contributed by atoms with Crippen molar-refractivity contribution in [3.63, 3.8) is 0 Å². The number of carbonyl (C=O) groups excluding carboxylic acids is 3. The molecule has 4 rings (SSSR count). The van der Waals surface area contributed by atoms with E-state index in [0.717, 1.165) is 28.8 Å². The summed E-state index contributed by atoms with van der Waals surface area (Å²) in [4.78, 5) is 41.4. The highest BCUT2D eigenvalue weighted by atomic mass is 16.2. The number of nitrogens with one attached hydrogen (secondary N) is 2. The van der Waals surface area contributed by atoms with Crippen LogP contribution in [-0.4, -0.2) is 40.7 Å². The minimum absolute atomic E-state index is 0.0159. The summed E-state index contributed by atoms with van der Waals surface area (Å²) in [6.45, 7) is 2.66. The first-order chi connectivity index (χ1) is 15.0. The van der Waals surface area contributed by atoms with Crippen LogP contribution < -0.4 is 10.6 Å². The van der Waals surface area contributed by atoms with Gasteiger partial charge in [-0.25, -0.2) is 4.98 Å². The molecule has 0 saturated heterocycles. The highest BCUT2D eigenvalue weighted by molar-refractivity contribution is 5.94. The Balaban J connectivity index is 1.38. The first kappa shape index (κ1) is 20.5. The van der Waals surface area contributed by atoms with Crippen LogP contribution >= 0.6 is 0 Å². The van der Waals surface area contributed by atoms with Crippen LogP contribution in [-0.2, 0) is 20.8 Å². The van der Waals surface area contributed by atoms with Crippen molar-refractivity contribution in [2.24, 2.45) is 0 Å². The average molecular weight is 416 g/mol. The smallest absolute Gasteiger partial charge is 0.246 e. The Morgan fingerprint density at radius 3 is 2.84 bits per heavy atom. The second-order valence-corrected chi connectivity index (χ2v) is 7.68. The van der Waals surface area contributed by atoms with Crippen molar-refractivity contribution in [3.8, 4) is 0 Å². The van der Waals surface area contributed by atoms with Gasteiger partial charge in [0, 0.05) is 44.4 Å². The van der Waals surface area contributed by atoms with E-state index in [9.17, 15) is 14.4 Å². The summed E-state index contributed by atoms with van der Waals surface area (Å²) < 4.78 is 0. The summed E-state index contributed by atoms with van der Waals surface area (Å²) in [6, 6.07) is 9.70. The number of nitrogens with zero attached hydrogens (tertiary/aromatic N) is 2. The molecule has 0 fully saturated rings. The molecule has 3 heterocycles. The molecule has 7 nitrogen and oxygen atoms in total. The van der Waals surface area contributed by atoms with Gasteiger partial charge in [-0.3, -0.25) is 14.4 Å². The van der Waals surface area contributed by atoms with Crippen LogP contribution in [0.1, 0.15) is 36.5 Å². The molecule has 7 heteroatoms. The third-order valence-corrected chi connectivity index (χ3v) is 5.36. The van der Waals surface area contributed by atoms with Gasteiger partial charge in [0.05, 0.1) is 0 Å². The Hall–Kier alpha value is -3.74. The van der Waals surface area contributed by atoms with Gasteiger partial charge in [-0.05, 0) is 59.4 Å². The molecular weight excluding hydrogens is 392 g/mol. The lowest BCUT2D eigenvalue weighted by molar-refractivity contribution is -0.125. The molecular formula is C24H24N4O3. The third-order valence-electron chi connectivity index (χ3n) is 5.36. The number of aryl methyl sites for hydroxylation is 1. The lowest BCUT2D eigenvalue weighted by Crippen LogP contribution is -2.33. The van der Waals surface area contributed by atoms with Gasteiger partial charge in [-0.2, -0.15) is 0 Å². The molecule has 2 aromatic rings. The van der Waals surface area contributed by atoms with Crippen LogP contribution in [0.25, 0.3) is 11.6 Å². The molecule has 0 spiro atoms. The van der Waals surface area contributed by atoms with Crippen molar-refractivity contribution >= 4 is 40.9 Å². The number of carbonyl (C=O) groups is 3. The molecule has 2 N–H and O–H groups in total. The van der Waals surface area contributed by atoms with Crippen molar-refractivity contribution < 1.29 is 14.4 Å². The minimum atomic E-state index is -0.0998. The summed E-state index contributed by atoms with van der Waals surface area (Å²) >= 11 is 0. The van der Waals surface area contributed by atoms with E-state index < -0.39 is 0 Å². The molecule has 0 radical (unpaired) electrons. The highest BCUT2D eigenvalue weighted by Gasteiger charge is 2.18. The summed E-state index contributed by atoms with van der Waals surface area (Å²) in [5.74, 6) is 0.444. The summed E-state index contributed by atoms with van der Waals surface area (Å²) in [5, 5.41) is 5.56. The molecule has 0 bridgehead atoms. The Morgan fingerprint density at radius 2 is 2.06 bits per heavy atom. The van der Waals surface area contributed by atoms with E-state index in [0.29, 0.717) is 31.7 Å². The first-order valence-corrected chi connectivity index (χ1v) is 10.3. The molecule has 2 aliphatic rings. The number of hydrogen-bond acceptors (Lipinski definition) is 4. The zero-order chi connectivity index (χ0) is 21.8. The second-order valence-electron chi connectivity index (χ2n) is 7.68. The van der Waals surface area contributed by atoms with E-state index in [1.165, 1.54) is 12.5 Å². The van der Waals surface area contributed by atoms with Gasteiger partial charge in [-0.1, -0.05) is 18.2 Å². The van der Waals surface area contributed by atoms with Crippen LogP contribution in [0.15, 0.2) is 48.7 Å². The number of benzene rings is 1. The number of anilines is 2. The normalized spacial score (nSPS) is 15.8. The summed E-state index contributed by atoms with van der Waals surface area (Å²) in [7, 11) is 0. The lowest BCUT2D eigenvalue weighted by Gasteiger charge is -2.26. The van der Waals surface area contributed by atoms with Crippen LogP contribution in [0.4, 0.5) is 11.5 Å². The molecule has 0 atom stereocenters. The predicted molar refractivity (Wildman–Crippen MR) is 120 cm³/mol. The Bertz CT molecular complexity index is 1100. The fourth-order valence-corrected chi connectivity index (χ4v) is 3.77. The van der Waals surface area contributed by atoms with Crippen molar-refractivity contribution in [1.82, 2.24) is 9.88 Å². The number of pyridine rings is 1. The highest BCUT2D eigenvalue weighted by Crippen LogP contribution is 2.25. The van der Waals surface area contributed by atoms with Gasteiger partial charge in [-0.15, -0.1) is 0 Å². The summed E-state index contributed by atoms with van der Waals surface area (Å²) in [5.41, 5.74) is 4.82. The molecule has 31 heavy (non-hydrogen) atoms. The standard InChI is InChI=1S/C24H24N4O3/c1-16(29)26-21-4-2-3-19(14-21)18-9-11-28(12-10-18)23(31)8-5-17-13-20-6-7-22(30)27-24(20)25-15-17/h2-5,8-9,13-15H,6-7,10-12H2,1H3,(H,26,29)(H,25,27,30)/b8-5+. The van der Waals surface area contributed by atoms with Gasteiger partial charge in [0.2, 0.25) is 17.7 Å². The zero-order valence-corrected chi connectivity index (χ0v) is 17.4. The van der Waals surface area contributed by atoms with Crippen molar-refractivity contribution in [2.75, 3.05) is 23.7 Å². The quantitative estimate of drug-likeness (QED) is 0.749. The molecule has 0 saturated carbocycles. The zero-order valence-electron chi connectivity index (χ0n) is 17.4. The van der Waals surface area contributed by atoms with E-state index >= 15 is 0 Å². The lowest BCUT2D eigenvalue weighted by atomic mass is 9.99. The molecule has 0 aliphatic carbocycles. The third kappa shape index (κ3) is 5.06. The van der Waals surface area contributed by atoms with Gasteiger partial charge in [0.15, 0.2) is 0 Å². The molecule has 0 unspecified atom stereocenters. The fourth-order valence-electron chi connectivity index (χ4n) is 3.77. The average Bonchev–Trinajstić information content (AvgIpc) is 2.77. The molecule has 2 aliphatic heterocycles. The Morgan fingerprint density at radius 1 is 1.19 bits per heavy atom. The van der Waals surface area contributed by atoms with Gasteiger partial charge >= 0.3 is 0 Å². The SMILES string of the molecule is CC(=O)Nc1cccc(C2=CCN(C(=O)/C=C/c3cnc4c(c3)CCC(=O)N4)CC2)c1. The number of rotatable bonds is 4. The van der Waals surface area contributed by atoms with Crippen LogP contribution in [0.5, 0.6) is 0 Å². The van der Waals surface area contributed by atoms with Gasteiger partial charge in [0.25, 0.3) is 0 Å². The van der Waals surface area contributed by atoms with Crippen LogP contribution in [0.3, 0.4) is 0 Å². The van der Waals surface area contributed by atoms with E-state index in [1.807, 2.05) is 30.3 Å².